The van der Waals surface area contributed by atoms with Gasteiger partial charge in [-0.25, -0.2) is 0 Å². The predicted octanol–water partition coefficient (Wildman–Crippen LogP) is 6.46. The third kappa shape index (κ3) is 25.3. The van der Waals surface area contributed by atoms with Crippen LogP contribution in [0.25, 0.3) is 0 Å². The Labute approximate surface area is 228 Å². The summed E-state index contributed by atoms with van der Waals surface area (Å²) in [6, 6.07) is 0.897. The molecule has 0 saturated heterocycles. The van der Waals surface area contributed by atoms with Crippen molar-refractivity contribution >= 4 is 0 Å². The van der Waals surface area contributed by atoms with Crippen molar-refractivity contribution in [2.45, 2.75) is 175 Å². The lowest BCUT2D eigenvalue weighted by Gasteiger charge is -2.29. The first-order valence-corrected chi connectivity index (χ1v) is 15.3. The van der Waals surface area contributed by atoms with Crippen LogP contribution in [-0.4, -0.2) is 19.1 Å². The van der Waals surface area contributed by atoms with Gasteiger partial charge in [0, 0.05) is 6.42 Å². The van der Waals surface area contributed by atoms with Crippen molar-refractivity contribution in [2.24, 2.45) is 0 Å². The molecule has 0 aliphatic carbocycles. The van der Waals surface area contributed by atoms with E-state index in [0.29, 0.717) is 0 Å². The first-order valence-electron chi connectivity index (χ1n) is 15.3. The lowest BCUT2D eigenvalue weighted by atomic mass is 9.99. The Bertz CT molecular complexity index is 352. The van der Waals surface area contributed by atoms with Crippen molar-refractivity contribution < 1.29 is 28.9 Å². The summed E-state index contributed by atoms with van der Waals surface area (Å²) in [5.74, 6) is 0. The lowest BCUT2D eigenvalue weighted by molar-refractivity contribution is -0.926. The van der Waals surface area contributed by atoms with E-state index >= 15 is 0 Å². The van der Waals surface area contributed by atoms with Crippen LogP contribution >= 0.6 is 0 Å². The Kier molecular flexibility index (Phi) is 32.9. The predicted molar refractivity (Wildman–Crippen MR) is 148 cm³/mol. The van der Waals surface area contributed by atoms with Crippen molar-refractivity contribution in [3.8, 4) is 0 Å². The number of nitrogens with one attached hydrogen (secondary N) is 1. The molecule has 1 atom stereocenters. The third-order valence-electron chi connectivity index (χ3n) is 7.24. The number of rotatable bonds is 26. The van der Waals surface area contributed by atoms with Crippen molar-refractivity contribution in [1.29, 1.82) is 0 Å². The van der Waals surface area contributed by atoms with E-state index < -0.39 is 0 Å². The van der Waals surface area contributed by atoms with Crippen molar-refractivity contribution in [2.75, 3.05) is 13.1 Å². The van der Waals surface area contributed by atoms with Gasteiger partial charge in [-0.3, -0.25) is 0 Å². The molecule has 0 aromatic carbocycles. The smallest absolute Gasteiger partial charge is 0.0877 e. The van der Waals surface area contributed by atoms with Crippen LogP contribution in [0.2, 0.25) is 0 Å². The van der Waals surface area contributed by atoms with Crippen LogP contribution in [0.1, 0.15) is 169 Å². The summed E-state index contributed by atoms with van der Waals surface area (Å²) >= 11 is 0. The molecular weight excluding hydrogens is 513 g/mol. The number of quaternary nitrogens is 1. The number of hydrogen-bond acceptors (Lipinski definition) is 0. The second-order valence-corrected chi connectivity index (χ2v) is 10.4. The molecule has 0 rings (SSSR count). The van der Waals surface area contributed by atoms with Crippen LogP contribution in [0.4, 0.5) is 0 Å². The first-order chi connectivity index (χ1) is 15.8. The monoisotopic (exact) mass is 577 g/mol. The van der Waals surface area contributed by atoms with E-state index in [1.165, 1.54) is 154 Å². The van der Waals surface area contributed by atoms with Crippen LogP contribution in [0.5, 0.6) is 0 Å². The molecule has 0 fully saturated rings. The van der Waals surface area contributed by atoms with Gasteiger partial charge in [0.25, 0.3) is 0 Å². The van der Waals surface area contributed by atoms with E-state index in [-0.39, 0.29) is 24.0 Å². The van der Waals surface area contributed by atoms with Gasteiger partial charge >= 0.3 is 0 Å². The fourth-order valence-corrected chi connectivity index (χ4v) is 5.04. The highest BCUT2D eigenvalue weighted by Crippen LogP contribution is 2.11. The molecule has 0 aliphatic rings. The second-order valence-electron chi connectivity index (χ2n) is 10.4. The molecule has 33 heavy (non-hydrogen) atoms. The highest BCUT2D eigenvalue weighted by molar-refractivity contribution is 4.82. The maximum Gasteiger partial charge on any atom is 0.0877 e. The Balaban J connectivity index is 0. The van der Waals surface area contributed by atoms with Gasteiger partial charge in [0.15, 0.2) is 0 Å². The minimum absolute atomic E-state index is 0. The molecule has 1 N–H and O–H groups in total. The molecule has 0 aliphatic heterocycles. The average molecular weight is 578 g/mol. The van der Waals surface area contributed by atoms with Crippen LogP contribution in [0.3, 0.4) is 0 Å². The molecule has 0 aromatic heterocycles. The maximum atomic E-state index is 2.49. The fraction of sp³-hybridized carbons (Fsp3) is 0.935. The Morgan fingerprint density at radius 2 is 0.879 bits per heavy atom. The summed E-state index contributed by atoms with van der Waals surface area (Å²) in [5.41, 5.74) is 0. The summed E-state index contributed by atoms with van der Waals surface area (Å²) < 4.78 is 0. The molecule has 1 nitrogen and oxygen atoms in total. The summed E-state index contributed by atoms with van der Waals surface area (Å²) in [4.78, 5) is 1.97. The molecule has 0 amide bonds. The quantitative estimate of drug-likeness (QED) is 0.0684. The fourth-order valence-electron chi connectivity index (χ4n) is 5.04. The van der Waals surface area contributed by atoms with Crippen LogP contribution in [0.15, 0.2) is 12.2 Å². The van der Waals surface area contributed by atoms with Gasteiger partial charge in [-0.05, 0) is 51.4 Å². The van der Waals surface area contributed by atoms with E-state index in [1.54, 1.807) is 0 Å². The molecule has 200 valence electrons. The van der Waals surface area contributed by atoms with E-state index in [0.717, 1.165) is 6.04 Å². The number of halogens is 1. The molecule has 0 bridgehead atoms. The summed E-state index contributed by atoms with van der Waals surface area (Å²) in [7, 11) is 0. The van der Waals surface area contributed by atoms with E-state index in [4.69, 9.17) is 0 Å². The van der Waals surface area contributed by atoms with Crippen LogP contribution < -0.4 is 28.9 Å². The van der Waals surface area contributed by atoms with Gasteiger partial charge in [0.1, 0.15) is 0 Å². The Morgan fingerprint density at radius 3 is 1.36 bits per heavy atom. The Hall–Kier alpha value is 0.430. The second kappa shape index (κ2) is 30.5. The van der Waals surface area contributed by atoms with E-state index in [2.05, 4.69) is 39.8 Å². The summed E-state index contributed by atoms with van der Waals surface area (Å²) in [6.45, 7) is 12.1. The minimum atomic E-state index is 0. The molecule has 0 saturated carbocycles. The zero-order valence-electron chi connectivity index (χ0n) is 23.6. The Morgan fingerprint density at radius 1 is 0.455 bits per heavy atom. The first kappa shape index (κ1) is 35.6. The van der Waals surface area contributed by atoms with Crippen LogP contribution in [-0.2, 0) is 0 Å². The molecule has 1 unspecified atom stereocenters. The summed E-state index contributed by atoms with van der Waals surface area (Å²) in [6.07, 6.45) is 36.0. The van der Waals surface area contributed by atoms with E-state index in [1.807, 2.05) is 4.90 Å². The molecule has 0 radical (unpaired) electrons. The number of unbranched alkanes of at least 4 members (excludes halogenated alkanes) is 15. The van der Waals surface area contributed by atoms with Gasteiger partial charge in [0.2, 0.25) is 0 Å². The van der Waals surface area contributed by atoms with Gasteiger partial charge in [-0.15, -0.1) is 0 Å². The van der Waals surface area contributed by atoms with E-state index in [9.17, 15) is 0 Å². The van der Waals surface area contributed by atoms with Crippen molar-refractivity contribution in [3.05, 3.63) is 12.2 Å². The van der Waals surface area contributed by atoms with Crippen molar-refractivity contribution in [3.63, 3.8) is 0 Å². The summed E-state index contributed by atoms with van der Waals surface area (Å²) in [5, 5.41) is 0. The minimum Gasteiger partial charge on any atom is -1.00 e. The molecule has 2 heteroatoms. The third-order valence-corrected chi connectivity index (χ3v) is 7.24. The maximum absolute atomic E-state index is 2.49. The van der Waals surface area contributed by atoms with Gasteiger partial charge in [-0.2, -0.15) is 0 Å². The van der Waals surface area contributed by atoms with Gasteiger partial charge in [-0.1, -0.05) is 123 Å². The van der Waals surface area contributed by atoms with Crippen LogP contribution in [0, 0.1) is 0 Å². The topological polar surface area (TPSA) is 4.44 Å². The molecule has 0 aromatic rings. The lowest BCUT2D eigenvalue weighted by Crippen LogP contribution is -3.15. The highest BCUT2D eigenvalue weighted by atomic mass is 127. The van der Waals surface area contributed by atoms with Crippen molar-refractivity contribution in [1.82, 2.24) is 0 Å². The van der Waals surface area contributed by atoms with Gasteiger partial charge in [0.05, 0.1) is 19.1 Å². The molecule has 0 spiro atoms. The number of allylic oxidation sites excluding steroid dienone is 2. The SMILES string of the molecule is CCC/C=C/CCC(CCCCCCC)[NH+](CCCCCCCC)CCCCCCCC.[I-]. The molecular formula is C31H64IN. The van der Waals surface area contributed by atoms with Gasteiger partial charge < -0.3 is 28.9 Å². The number of hydrogen-bond donors (Lipinski definition) is 1. The average Bonchev–Trinajstić information content (AvgIpc) is 2.80. The standard InChI is InChI=1S/C31H63N.HI/c1-5-9-13-17-21-25-29-32(30-26-22-18-14-10-6-2)31(27-23-19-15-11-7-3)28-24-20-16-12-8-4;/h15,19,31H,5-14,16-18,20-30H2,1-4H3;1H/b19-15+;. The normalized spacial score (nSPS) is 12.5. The largest absolute Gasteiger partial charge is 1.00 e. The highest BCUT2D eigenvalue weighted by Gasteiger charge is 2.20. The zero-order valence-corrected chi connectivity index (χ0v) is 25.7. The zero-order chi connectivity index (χ0) is 23.5. The molecule has 0 heterocycles.